The van der Waals surface area contributed by atoms with Gasteiger partial charge in [-0.3, -0.25) is 4.90 Å². The van der Waals surface area contributed by atoms with Crippen LogP contribution >= 0.6 is 0 Å². The minimum absolute atomic E-state index is 0.0580. The number of carbonyl (C=O) groups is 1. The molecule has 2 heterocycles. The van der Waals surface area contributed by atoms with Crippen LogP contribution in [0.1, 0.15) is 11.6 Å². The van der Waals surface area contributed by atoms with Crippen LogP contribution in [0.3, 0.4) is 0 Å². The number of halogens is 1. The molecule has 0 spiro atoms. The van der Waals surface area contributed by atoms with Gasteiger partial charge in [0, 0.05) is 51.5 Å². The third-order valence-electron chi connectivity index (χ3n) is 5.85. The van der Waals surface area contributed by atoms with E-state index in [0.717, 1.165) is 31.7 Å². The van der Waals surface area contributed by atoms with Gasteiger partial charge in [-0.25, -0.2) is 9.18 Å². The van der Waals surface area contributed by atoms with E-state index in [1.54, 1.807) is 12.1 Å². The predicted octanol–water partition coefficient (Wildman–Crippen LogP) is 2.73. The van der Waals surface area contributed by atoms with Crippen LogP contribution in [0.5, 0.6) is 0 Å². The summed E-state index contributed by atoms with van der Waals surface area (Å²) in [5.74, 6) is -0.255. The summed E-state index contributed by atoms with van der Waals surface area (Å²) in [5.41, 5.74) is 2.07. The van der Waals surface area contributed by atoms with E-state index in [9.17, 15) is 9.18 Å². The van der Waals surface area contributed by atoms with Gasteiger partial charge in [0.25, 0.3) is 0 Å². The van der Waals surface area contributed by atoms with Crippen molar-refractivity contribution in [2.75, 3.05) is 63.9 Å². The van der Waals surface area contributed by atoms with Gasteiger partial charge in [0.1, 0.15) is 5.82 Å². The quantitative estimate of drug-likeness (QED) is 0.821. The smallest absolute Gasteiger partial charge is 0.317 e. The number of nitrogens with zero attached hydrogens (tertiary/aromatic N) is 3. The molecule has 0 bridgehead atoms. The Morgan fingerprint density at radius 2 is 1.70 bits per heavy atom. The molecule has 2 aliphatic rings. The molecule has 7 heteroatoms. The largest absolute Gasteiger partial charge is 0.379 e. The third kappa shape index (κ3) is 5.09. The summed E-state index contributed by atoms with van der Waals surface area (Å²) in [6.07, 6.45) is 0. The molecule has 1 atom stereocenters. The van der Waals surface area contributed by atoms with Crippen LogP contribution in [0.2, 0.25) is 0 Å². The summed E-state index contributed by atoms with van der Waals surface area (Å²) >= 11 is 0. The van der Waals surface area contributed by atoms with Gasteiger partial charge >= 0.3 is 6.03 Å². The predicted molar refractivity (Wildman–Crippen MR) is 115 cm³/mol. The van der Waals surface area contributed by atoms with Crippen molar-refractivity contribution in [3.8, 4) is 0 Å². The van der Waals surface area contributed by atoms with Crippen LogP contribution in [0.4, 0.5) is 14.9 Å². The highest BCUT2D eigenvalue weighted by Gasteiger charge is 2.26. The number of rotatable bonds is 5. The summed E-state index contributed by atoms with van der Waals surface area (Å²) < 4.78 is 19.3. The van der Waals surface area contributed by atoms with Crippen molar-refractivity contribution in [2.24, 2.45) is 0 Å². The number of nitrogens with one attached hydrogen (secondary N) is 1. The van der Waals surface area contributed by atoms with Crippen molar-refractivity contribution in [1.82, 2.24) is 15.1 Å². The van der Waals surface area contributed by atoms with E-state index in [0.29, 0.717) is 32.8 Å². The first-order valence-electron chi connectivity index (χ1n) is 10.6. The number of urea groups is 1. The van der Waals surface area contributed by atoms with Crippen molar-refractivity contribution in [2.45, 2.75) is 6.04 Å². The van der Waals surface area contributed by atoms with E-state index in [1.165, 1.54) is 11.8 Å². The zero-order valence-corrected chi connectivity index (χ0v) is 17.2. The van der Waals surface area contributed by atoms with Gasteiger partial charge < -0.3 is 19.9 Å². The molecule has 2 aliphatic heterocycles. The number of anilines is 1. The lowest BCUT2D eigenvalue weighted by Crippen LogP contribution is -2.53. The van der Waals surface area contributed by atoms with E-state index in [1.807, 2.05) is 29.2 Å². The number of piperazine rings is 1. The van der Waals surface area contributed by atoms with Crippen LogP contribution in [0.15, 0.2) is 54.6 Å². The highest BCUT2D eigenvalue weighted by molar-refractivity contribution is 5.74. The zero-order valence-electron chi connectivity index (χ0n) is 17.2. The van der Waals surface area contributed by atoms with Gasteiger partial charge in [-0.1, -0.05) is 30.3 Å². The van der Waals surface area contributed by atoms with E-state index in [2.05, 4.69) is 27.2 Å². The van der Waals surface area contributed by atoms with Gasteiger partial charge in [0.05, 0.1) is 19.3 Å². The average molecular weight is 413 g/mol. The lowest BCUT2D eigenvalue weighted by atomic mass is 10.0. The second-order valence-electron chi connectivity index (χ2n) is 7.71. The van der Waals surface area contributed by atoms with Gasteiger partial charge in [-0.2, -0.15) is 0 Å². The normalized spacial score (nSPS) is 18.8. The summed E-state index contributed by atoms with van der Waals surface area (Å²) in [5, 5.41) is 3.09. The number of hydrogen-bond acceptors (Lipinski definition) is 4. The monoisotopic (exact) mass is 412 g/mol. The average Bonchev–Trinajstić information content (AvgIpc) is 2.80. The molecule has 0 saturated carbocycles. The minimum atomic E-state index is -0.255. The van der Waals surface area contributed by atoms with Crippen LogP contribution in [0, 0.1) is 5.82 Å². The van der Waals surface area contributed by atoms with E-state index < -0.39 is 0 Å². The Morgan fingerprint density at radius 3 is 2.40 bits per heavy atom. The van der Waals surface area contributed by atoms with Crippen LogP contribution < -0.4 is 10.2 Å². The maximum atomic E-state index is 13.8. The standard InChI is InChI=1S/C23H29FN4O2/c24-20-6-4-5-19(17-20)22(27-13-15-30-16-14-27)18-25-23(29)28-11-9-26(10-12-28)21-7-2-1-3-8-21/h1-8,17,22H,9-16,18H2,(H,25,29). The molecular weight excluding hydrogens is 383 g/mol. The highest BCUT2D eigenvalue weighted by Crippen LogP contribution is 2.22. The van der Waals surface area contributed by atoms with Gasteiger partial charge in [-0.05, 0) is 29.8 Å². The van der Waals surface area contributed by atoms with Gasteiger partial charge in [-0.15, -0.1) is 0 Å². The minimum Gasteiger partial charge on any atom is -0.379 e. The van der Waals surface area contributed by atoms with E-state index in [4.69, 9.17) is 4.74 Å². The van der Waals surface area contributed by atoms with Crippen molar-refractivity contribution in [3.63, 3.8) is 0 Å². The Morgan fingerprint density at radius 1 is 0.967 bits per heavy atom. The maximum Gasteiger partial charge on any atom is 0.317 e. The Bertz CT molecular complexity index is 821. The second-order valence-corrected chi connectivity index (χ2v) is 7.71. The Balaban J connectivity index is 1.34. The fourth-order valence-electron chi connectivity index (χ4n) is 4.16. The summed E-state index contributed by atoms with van der Waals surface area (Å²) in [6.45, 7) is 6.29. The number of hydrogen-bond donors (Lipinski definition) is 1. The van der Waals surface area contributed by atoms with E-state index in [-0.39, 0.29) is 17.9 Å². The summed E-state index contributed by atoms with van der Waals surface area (Å²) in [7, 11) is 0. The van der Waals surface area contributed by atoms with Crippen molar-refractivity contribution < 1.29 is 13.9 Å². The van der Waals surface area contributed by atoms with Crippen molar-refractivity contribution >= 4 is 11.7 Å². The molecule has 160 valence electrons. The number of amides is 2. The first kappa shape index (κ1) is 20.6. The molecule has 2 saturated heterocycles. The lowest BCUT2D eigenvalue weighted by molar-refractivity contribution is 0.0164. The van der Waals surface area contributed by atoms with Gasteiger partial charge in [0.2, 0.25) is 0 Å². The molecular formula is C23H29FN4O2. The highest BCUT2D eigenvalue weighted by atomic mass is 19.1. The van der Waals surface area contributed by atoms with Crippen LogP contribution in [0.25, 0.3) is 0 Å². The zero-order chi connectivity index (χ0) is 20.8. The Hall–Kier alpha value is -2.64. The molecule has 0 radical (unpaired) electrons. The van der Waals surface area contributed by atoms with E-state index >= 15 is 0 Å². The molecule has 0 aliphatic carbocycles. The first-order valence-corrected chi connectivity index (χ1v) is 10.6. The second kappa shape index (κ2) is 9.91. The molecule has 2 fully saturated rings. The fraction of sp³-hybridized carbons (Fsp3) is 0.435. The van der Waals surface area contributed by atoms with Gasteiger partial charge in [0.15, 0.2) is 0 Å². The number of benzene rings is 2. The van der Waals surface area contributed by atoms with Crippen LogP contribution in [-0.2, 0) is 4.74 Å². The number of morpholine rings is 1. The maximum absolute atomic E-state index is 13.8. The molecule has 2 aromatic carbocycles. The first-order chi connectivity index (χ1) is 14.7. The number of ether oxygens (including phenoxy) is 1. The molecule has 1 unspecified atom stereocenters. The molecule has 0 aromatic heterocycles. The Labute approximate surface area is 177 Å². The number of carbonyl (C=O) groups excluding carboxylic acids is 1. The molecule has 1 N–H and O–H groups in total. The summed E-state index contributed by atoms with van der Waals surface area (Å²) in [6, 6.07) is 16.8. The molecule has 4 rings (SSSR count). The molecule has 30 heavy (non-hydrogen) atoms. The summed E-state index contributed by atoms with van der Waals surface area (Å²) in [4.78, 5) is 19.2. The fourth-order valence-corrected chi connectivity index (χ4v) is 4.16. The SMILES string of the molecule is O=C(NCC(c1cccc(F)c1)N1CCOCC1)N1CCN(c2ccccc2)CC1. The Kier molecular flexibility index (Phi) is 6.81. The lowest BCUT2D eigenvalue weighted by Gasteiger charge is -2.37. The topological polar surface area (TPSA) is 48.1 Å². The van der Waals surface area contributed by atoms with Crippen molar-refractivity contribution in [3.05, 3.63) is 66.0 Å². The number of para-hydroxylation sites is 1. The molecule has 6 nitrogen and oxygen atoms in total. The van der Waals surface area contributed by atoms with Crippen LogP contribution in [-0.4, -0.2) is 74.9 Å². The third-order valence-corrected chi connectivity index (χ3v) is 5.85. The molecule has 2 aromatic rings. The molecule has 2 amide bonds. The van der Waals surface area contributed by atoms with Crippen molar-refractivity contribution in [1.29, 1.82) is 0 Å².